The van der Waals surface area contributed by atoms with Gasteiger partial charge in [-0.1, -0.05) is 36.4 Å². The molecule has 0 aliphatic carbocycles. The zero-order chi connectivity index (χ0) is 18.5. The van der Waals surface area contributed by atoms with Crippen LogP contribution in [0.25, 0.3) is 10.9 Å². The van der Waals surface area contributed by atoms with Crippen molar-refractivity contribution < 1.29 is 0 Å². The second kappa shape index (κ2) is 7.91. The molecule has 0 bridgehead atoms. The summed E-state index contributed by atoms with van der Waals surface area (Å²) in [6, 6.07) is 20.6. The predicted octanol–water partition coefficient (Wildman–Crippen LogP) is 4.77. The lowest BCUT2D eigenvalue weighted by molar-refractivity contribution is 0.953. The summed E-state index contributed by atoms with van der Waals surface area (Å²) in [5.41, 5.74) is 3.60. The van der Waals surface area contributed by atoms with Gasteiger partial charge < -0.3 is 15.2 Å². The number of para-hydroxylation sites is 2. The Balaban J connectivity index is 1.45. The van der Waals surface area contributed by atoms with Gasteiger partial charge in [0, 0.05) is 42.1 Å². The van der Waals surface area contributed by atoms with Gasteiger partial charge in [0.15, 0.2) is 0 Å². The van der Waals surface area contributed by atoms with Crippen molar-refractivity contribution in [2.75, 3.05) is 23.3 Å². The minimum Gasteiger partial charge on any atom is -0.361 e. The van der Waals surface area contributed by atoms with E-state index in [1.807, 2.05) is 36.5 Å². The maximum Gasteiger partial charge on any atom is 0.224 e. The predicted molar refractivity (Wildman–Crippen MR) is 112 cm³/mol. The van der Waals surface area contributed by atoms with Crippen molar-refractivity contribution in [2.24, 2.45) is 0 Å². The van der Waals surface area contributed by atoms with E-state index in [0.29, 0.717) is 5.95 Å². The van der Waals surface area contributed by atoms with Crippen LogP contribution in [-0.2, 0) is 6.42 Å². The molecule has 136 valence electrons. The molecule has 0 radical (unpaired) electrons. The minimum absolute atomic E-state index is 0.654. The van der Waals surface area contributed by atoms with Crippen LogP contribution in [0.2, 0.25) is 0 Å². The van der Waals surface area contributed by atoms with Crippen molar-refractivity contribution in [3.8, 4) is 0 Å². The maximum absolute atomic E-state index is 4.70. The van der Waals surface area contributed by atoms with Crippen molar-refractivity contribution in [1.29, 1.82) is 0 Å². The summed E-state index contributed by atoms with van der Waals surface area (Å²) >= 11 is 0. The minimum atomic E-state index is 0.654. The van der Waals surface area contributed by atoms with Gasteiger partial charge in [-0.25, -0.2) is 4.98 Å². The fraction of sp³-hybridized carbons (Fsp3) is 0.182. The van der Waals surface area contributed by atoms with Crippen LogP contribution in [0.4, 0.5) is 17.5 Å². The standard InChI is InChI=1S/C22H23N5/c1-2-27(18-8-4-3-5-9-18)21-13-15-24-22(26-21)23-14-12-17-16-25-20-11-7-6-10-19(17)20/h3-11,13,15-16,25H,2,12,14H2,1H3,(H,23,24,26). The van der Waals surface area contributed by atoms with E-state index in [-0.39, 0.29) is 0 Å². The summed E-state index contributed by atoms with van der Waals surface area (Å²) in [6.45, 7) is 3.75. The highest BCUT2D eigenvalue weighted by Gasteiger charge is 2.09. The zero-order valence-corrected chi connectivity index (χ0v) is 15.4. The fourth-order valence-corrected chi connectivity index (χ4v) is 3.32. The van der Waals surface area contributed by atoms with E-state index in [1.165, 1.54) is 16.5 Å². The molecule has 27 heavy (non-hydrogen) atoms. The second-order valence-electron chi connectivity index (χ2n) is 6.35. The summed E-state index contributed by atoms with van der Waals surface area (Å²) in [5, 5.41) is 4.63. The van der Waals surface area contributed by atoms with Crippen molar-refractivity contribution >= 4 is 28.4 Å². The molecule has 0 amide bonds. The number of nitrogens with one attached hydrogen (secondary N) is 2. The maximum atomic E-state index is 4.70. The Labute approximate surface area is 159 Å². The van der Waals surface area contributed by atoms with Crippen LogP contribution < -0.4 is 10.2 Å². The molecule has 0 fully saturated rings. The molecule has 5 nitrogen and oxygen atoms in total. The summed E-state index contributed by atoms with van der Waals surface area (Å²) < 4.78 is 0. The molecule has 4 rings (SSSR count). The average molecular weight is 357 g/mol. The third kappa shape index (κ3) is 3.77. The molecule has 0 unspecified atom stereocenters. The smallest absolute Gasteiger partial charge is 0.224 e. The van der Waals surface area contributed by atoms with Gasteiger partial charge in [-0.2, -0.15) is 4.98 Å². The van der Waals surface area contributed by atoms with Gasteiger partial charge in [0.1, 0.15) is 5.82 Å². The Morgan fingerprint density at radius 1 is 1.00 bits per heavy atom. The number of nitrogens with zero attached hydrogens (tertiary/aromatic N) is 3. The molecule has 4 aromatic rings. The number of aromatic amines is 1. The van der Waals surface area contributed by atoms with Gasteiger partial charge >= 0.3 is 0 Å². The average Bonchev–Trinajstić information content (AvgIpc) is 3.13. The third-order valence-electron chi connectivity index (χ3n) is 4.65. The zero-order valence-electron chi connectivity index (χ0n) is 15.4. The highest BCUT2D eigenvalue weighted by molar-refractivity contribution is 5.83. The molecular weight excluding hydrogens is 334 g/mol. The van der Waals surface area contributed by atoms with Gasteiger partial charge in [0.05, 0.1) is 0 Å². The van der Waals surface area contributed by atoms with E-state index >= 15 is 0 Å². The van der Waals surface area contributed by atoms with Crippen LogP contribution in [0.15, 0.2) is 73.1 Å². The van der Waals surface area contributed by atoms with Gasteiger partial charge in [-0.3, -0.25) is 0 Å². The first-order valence-electron chi connectivity index (χ1n) is 9.29. The molecule has 2 N–H and O–H groups in total. The second-order valence-corrected chi connectivity index (χ2v) is 6.35. The quantitative estimate of drug-likeness (QED) is 0.500. The number of rotatable bonds is 7. The Morgan fingerprint density at radius 3 is 2.67 bits per heavy atom. The summed E-state index contributed by atoms with van der Waals surface area (Å²) in [7, 11) is 0. The molecule has 0 saturated heterocycles. The van der Waals surface area contributed by atoms with Gasteiger partial charge in [0.2, 0.25) is 5.95 Å². The Bertz CT molecular complexity index is 1010. The lowest BCUT2D eigenvalue weighted by atomic mass is 10.1. The van der Waals surface area contributed by atoms with E-state index in [2.05, 4.69) is 63.6 Å². The largest absolute Gasteiger partial charge is 0.361 e. The SMILES string of the molecule is CCN(c1ccccc1)c1ccnc(NCCc2c[nH]c3ccccc23)n1. The van der Waals surface area contributed by atoms with Crippen LogP contribution in [0.1, 0.15) is 12.5 Å². The molecule has 2 aromatic heterocycles. The van der Waals surface area contributed by atoms with Crippen LogP contribution in [0.5, 0.6) is 0 Å². The molecule has 0 spiro atoms. The van der Waals surface area contributed by atoms with Crippen LogP contribution >= 0.6 is 0 Å². The number of hydrogen-bond acceptors (Lipinski definition) is 4. The molecule has 0 aliphatic heterocycles. The van der Waals surface area contributed by atoms with Crippen LogP contribution in [0, 0.1) is 0 Å². The van der Waals surface area contributed by atoms with E-state index in [1.54, 1.807) is 0 Å². The highest BCUT2D eigenvalue weighted by Crippen LogP contribution is 2.23. The number of aromatic nitrogens is 3. The molecule has 2 aromatic carbocycles. The summed E-state index contributed by atoms with van der Waals surface area (Å²) in [4.78, 5) is 14.6. The normalized spacial score (nSPS) is 10.9. The molecule has 2 heterocycles. The lowest BCUT2D eigenvalue weighted by Crippen LogP contribution is -2.18. The van der Waals surface area contributed by atoms with Gasteiger partial charge in [0.25, 0.3) is 0 Å². The third-order valence-corrected chi connectivity index (χ3v) is 4.65. The van der Waals surface area contributed by atoms with E-state index in [0.717, 1.165) is 31.0 Å². The first-order chi connectivity index (χ1) is 13.3. The summed E-state index contributed by atoms with van der Waals surface area (Å²) in [5.74, 6) is 1.55. The van der Waals surface area contributed by atoms with Crippen molar-refractivity contribution in [2.45, 2.75) is 13.3 Å². The molecule has 0 saturated carbocycles. The Hall–Kier alpha value is -3.34. The lowest BCUT2D eigenvalue weighted by Gasteiger charge is -2.22. The van der Waals surface area contributed by atoms with Crippen LogP contribution in [0.3, 0.4) is 0 Å². The highest BCUT2D eigenvalue weighted by atomic mass is 15.2. The molecule has 0 atom stereocenters. The molecule has 5 heteroatoms. The number of hydrogen-bond donors (Lipinski definition) is 2. The van der Waals surface area contributed by atoms with E-state index in [4.69, 9.17) is 4.98 Å². The number of fused-ring (bicyclic) bond motifs is 1. The first kappa shape index (κ1) is 17.1. The van der Waals surface area contributed by atoms with E-state index in [9.17, 15) is 0 Å². The molecular formula is C22H23N5. The van der Waals surface area contributed by atoms with Gasteiger partial charge in [-0.15, -0.1) is 0 Å². The van der Waals surface area contributed by atoms with Gasteiger partial charge in [-0.05, 0) is 43.2 Å². The fourth-order valence-electron chi connectivity index (χ4n) is 3.32. The van der Waals surface area contributed by atoms with Crippen molar-refractivity contribution in [3.05, 3.63) is 78.6 Å². The van der Waals surface area contributed by atoms with Crippen LogP contribution in [-0.4, -0.2) is 28.0 Å². The van der Waals surface area contributed by atoms with E-state index < -0.39 is 0 Å². The summed E-state index contributed by atoms with van der Waals surface area (Å²) in [6.07, 6.45) is 4.80. The topological polar surface area (TPSA) is 56.8 Å². The molecule has 0 aliphatic rings. The first-order valence-corrected chi connectivity index (χ1v) is 9.29. The van der Waals surface area contributed by atoms with Crippen molar-refractivity contribution in [3.63, 3.8) is 0 Å². The van der Waals surface area contributed by atoms with Crippen molar-refractivity contribution in [1.82, 2.24) is 15.0 Å². The monoisotopic (exact) mass is 357 g/mol. The number of H-pyrrole nitrogens is 1. The number of benzene rings is 2. The number of anilines is 3. The Morgan fingerprint density at radius 2 is 1.81 bits per heavy atom. The Kier molecular flexibility index (Phi) is 5.01.